The van der Waals surface area contributed by atoms with Gasteiger partial charge in [-0.15, -0.1) is 0 Å². The minimum Gasteiger partial charge on any atom is -0.478 e. The lowest BCUT2D eigenvalue weighted by Crippen LogP contribution is -2.47. The maximum absolute atomic E-state index is 13.4. The van der Waals surface area contributed by atoms with Crippen LogP contribution in [0.4, 0.5) is 22.0 Å². The second-order valence-electron chi connectivity index (χ2n) is 10.4. The van der Waals surface area contributed by atoms with Gasteiger partial charge in [-0.1, -0.05) is 19.1 Å². The van der Waals surface area contributed by atoms with Gasteiger partial charge in [0.05, 0.1) is 17.7 Å². The van der Waals surface area contributed by atoms with E-state index in [4.69, 9.17) is 9.47 Å². The maximum Gasteiger partial charge on any atom is 0.457 e. The van der Waals surface area contributed by atoms with Gasteiger partial charge in [-0.2, -0.15) is 27.1 Å². The van der Waals surface area contributed by atoms with Gasteiger partial charge in [0.2, 0.25) is 0 Å². The van der Waals surface area contributed by atoms with Gasteiger partial charge in [-0.25, -0.2) is 23.9 Å². The molecule has 0 aliphatic rings. The third-order valence-corrected chi connectivity index (χ3v) is 6.45. The number of alkyl halides is 5. The molecule has 244 valence electrons. The highest BCUT2D eigenvalue weighted by molar-refractivity contribution is 5.90. The molecule has 3 rings (SSSR count). The third-order valence-electron chi connectivity index (χ3n) is 6.45. The number of halogens is 5. The van der Waals surface area contributed by atoms with Crippen molar-refractivity contribution >= 4 is 17.9 Å². The highest BCUT2D eigenvalue weighted by Gasteiger charge is 2.62. The number of carbonyl (C=O) groups is 3. The second kappa shape index (κ2) is 13.5. The molecule has 1 atom stereocenters. The van der Waals surface area contributed by atoms with Crippen LogP contribution < -0.4 is 10.4 Å². The van der Waals surface area contributed by atoms with Crippen LogP contribution in [0.15, 0.2) is 53.3 Å². The molecule has 0 fully saturated rings. The fourth-order valence-corrected chi connectivity index (χ4v) is 3.81. The number of ether oxygens (including phenoxy) is 3. The van der Waals surface area contributed by atoms with E-state index in [1.165, 1.54) is 54.8 Å². The van der Waals surface area contributed by atoms with Crippen LogP contribution in [-0.2, 0) is 34.0 Å². The minimum atomic E-state index is -5.90. The van der Waals surface area contributed by atoms with Gasteiger partial charge in [0.1, 0.15) is 5.75 Å². The van der Waals surface area contributed by atoms with Gasteiger partial charge < -0.3 is 19.3 Å². The lowest BCUT2D eigenvalue weighted by molar-refractivity contribution is -0.309. The summed E-state index contributed by atoms with van der Waals surface area (Å²) < 4.78 is 81.9. The normalized spacial score (nSPS) is 12.8. The Bertz CT molecular complexity index is 1580. The van der Waals surface area contributed by atoms with E-state index in [0.29, 0.717) is 18.9 Å². The molecule has 1 unspecified atom stereocenters. The SMILES string of the molecule is CCCn1c(COC(=O)c2ccc(OC(C)(C)C(=O)O)cc2)nn(Cc2ccc(C(=O)OC(C)C(F)(F)C(F)(F)F)cc2)c1=O. The fourth-order valence-electron chi connectivity index (χ4n) is 3.81. The van der Waals surface area contributed by atoms with Crippen molar-refractivity contribution < 1.29 is 55.7 Å². The largest absolute Gasteiger partial charge is 0.478 e. The van der Waals surface area contributed by atoms with Crippen LogP contribution in [0.25, 0.3) is 0 Å². The number of hydrogen-bond acceptors (Lipinski definition) is 8. The van der Waals surface area contributed by atoms with Crippen LogP contribution in [0.1, 0.15) is 66.2 Å². The lowest BCUT2D eigenvalue weighted by atomic mass is 10.1. The first-order valence-corrected chi connectivity index (χ1v) is 13.5. The molecule has 3 aromatic rings. The highest BCUT2D eigenvalue weighted by Crippen LogP contribution is 2.39. The molecule has 0 aliphatic carbocycles. The maximum atomic E-state index is 13.4. The van der Waals surface area contributed by atoms with Gasteiger partial charge in [-0.3, -0.25) is 4.57 Å². The van der Waals surface area contributed by atoms with Crippen molar-refractivity contribution in [2.24, 2.45) is 0 Å². The van der Waals surface area contributed by atoms with E-state index in [1.54, 1.807) is 0 Å². The van der Waals surface area contributed by atoms with Crippen molar-refractivity contribution in [3.05, 3.63) is 81.5 Å². The number of benzene rings is 2. The number of nitrogens with zero attached hydrogens (tertiary/aromatic N) is 3. The average Bonchev–Trinajstić information content (AvgIpc) is 3.25. The molecule has 0 bridgehead atoms. The summed E-state index contributed by atoms with van der Waals surface area (Å²) in [5.74, 6) is -8.19. The van der Waals surface area contributed by atoms with Crippen LogP contribution in [0.2, 0.25) is 0 Å². The van der Waals surface area contributed by atoms with Crippen LogP contribution >= 0.6 is 0 Å². The minimum absolute atomic E-state index is 0.109. The molecule has 1 heterocycles. The Hall–Kier alpha value is -4.76. The van der Waals surface area contributed by atoms with E-state index in [9.17, 15) is 46.2 Å². The molecule has 0 radical (unpaired) electrons. The predicted molar refractivity (Wildman–Crippen MR) is 146 cm³/mol. The molecule has 45 heavy (non-hydrogen) atoms. The van der Waals surface area contributed by atoms with Crippen molar-refractivity contribution in [1.29, 1.82) is 0 Å². The van der Waals surface area contributed by atoms with E-state index < -0.39 is 47.4 Å². The zero-order valence-electron chi connectivity index (χ0n) is 24.6. The molecule has 1 aromatic heterocycles. The number of rotatable bonds is 13. The number of carbonyl (C=O) groups excluding carboxylic acids is 2. The summed E-state index contributed by atoms with van der Waals surface area (Å²) in [4.78, 5) is 49.0. The van der Waals surface area contributed by atoms with E-state index in [-0.39, 0.29) is 42.4 Å². The number of aromatic nitrogens is 3. The lowest BCUT2D eigenvalue weighted by Gasteiger charge is -2.25. The van der Waals surface area contributed by atoms with Crippen molar-refractivity contribution in [2.45, 2.75) is 77.6 Å². The zero-order valence-corrected chi connectivity index (χ0v) is 24.6. The first-order valence-electron chi connectivity index (χ1n) is 13.5. The number of carboxylic acids is 1. The number of aliphatic carboxylic acids is 1. The molecule has 11 nitrogen and oxygen atoms in total. The highest BCUT2D eigenvalue weighted by atomic mass is 19.4. The van der Waals surface area contributed by atoms with E-state index in [1.807, 2.05) is 6.92 Å². The summed E-state index contributed by atoms with van der Waals surface area (Å²) in [5.41, 5.74) is -1.74. The van der Waals surface area contributed by atoms with Crippen LogP contribution in [0, 0.1) is 0 Å². The van der Waals surface area contributed by atoms with Crippen molar-refractivity contribution in [3.8, 4) is 5.75 Å². The molecule has 0 amide bonds. The van der Waals surface area contributed by atoms with Crippen LogP contribution in [0.3, 0.4) is 0 Å². The van der Waals surface area contributed by atoms with Gasteiger partial charge in [-0.05, 0) is 69.2 Å². The van der Waals surface area contributed by atoms with Gasteiger partial charge in [0.15, 0.2) is 24.1 Å². The Kier molecular flexibility index (Phi) is 10.4. The Morgan fingerprint density at radius 3 is 2.02 bits per heavy atom. The summed E-state index contributed by atoms with van der Waals surface area (Å²) in [6, 6.07) is 10.6. The Balaban J connectivity index is 1.68. The molecular formula is C29H30F5N3O8. The summed E-state index contributed by atoms with van der Waals surface area (Å²) in [7, 11) is 0. The topological polar surface area (TPSA) is 139 Å². The average molecular weight is 644 g/mol. The van der Waals surface area contributed by atoms with Crippen molar-refractivity contribution in [3.63, 3.8) is 0 Å². The van der Waals surface area contributed by atoms with Gasteiger partial charge >= 0.3 is 35.7 Å². The molecular weight excluding hydrogens is 613 g/mol. The first-order chi connectivity index (χ1) is 20.9. The van der Waals surface area contributed by atoms with Crippen LogP contribution in [-0.4, -0.2) is 61.2 Å². The number of carboxylic acid groups (broad SMARTS) is 1. The Morgan fingerprint density at radius 2 is 1.49 bits per heavy atom. The molecule has 0 aliphatic heterocycles. The Labute approximate surface area is 253 Å². The van der Waals surface area contributed by atoms with Crippen molar-refractivity contribution in [1.82, 2.24) is 14.3 Å². The van der Waals surface area contributed by atoms with Crippen LogP contribution in [0.5, 0.6) is 5.75 Å². The van der Waals surface area contributed by atoms with Gasteiger partial charge in [0.25, 0.3) is 0 Å². The number of esters is 2. The Morgan fingerprint density at radius 1 is 0.933 bits per heavy atom. The summed E-state index contributed by atoms with van der Waals surface area (Å²) in [6.07, 6.45) is -8.11. The monoisotopic (exact) mass is 643 g/mol. The summed E-state index contributed by atoms with van der Waals surface area (Å²) in [6.45, 7) is 4.77. The predicted octanol–water partition coefficient (Wildman–Crippen LogP) is 4.85. The van der Waals surface area contributed by atoms with E-state index >= 15 is 0 Å². The molecule has 0 saturated carbocycles. The molecule has 1 N–H and O–H groups in total. The van der Waals surface area contributed by atoms with E-state index in [0.717, 1.165) is 16.8 Å². The zero-order chi connectivity index (χ0) is 33.7. The fraction of sp³-hybridized carbons (Fsp3) is 0.414. The third kappa shape index (κ3) is 8.25. The standard InChI is InChI=1S/C29H30F5N3O8/c1-5-14-36-22(16-43-23(38)19-10-12-21(13-11-19)45-27(3,4)25(40)41)35-37(26(36)42)15-18-6-8-20(9-7-18)24(39)44-17(2)28(30,31)29(32,33)34/h6-13,17H,5,14-16H2,1-4H3,(H,40,41). The molecule has 0 saturated heterocycles. The summed E-state index contributed by atoms with van der Waals surface area (Å²) >= 11 is 0. The molecule has 0 spiro atoms. The van der Waals surface area contributed by atoms with Gasteiger partial charge in [0, 0.05) is 6.54 Å². The number of hydrogen-bond donors (Lipinski definition) is 1. The second-order valence-corrected chi connectivity index (χ2v) is 10.4. The first kappa shape index (κ1) is 34.7. The molecule has 16 heteroatoms. The van der Waals surface area contributed by atoms with E-state index in [2.05, 4.69) is 9.84 Å². The molecule has 2 aromatic carbocycles. The quantitative estimate of drug-likeness (QED) is 0.205. The smallest absolute Gasteiger partial charge is 0.457 e. The van der Waals surface area contributed by atoms with Crippen molar-refractivity contribution in [2.75, 3.05) is 0 Å². The summed E-state index contributed by atoms with van der Waals surface area (Å²) in [5, 5.41) is 13.4.